The smallest absolute Gasteiger partial charge is 0.333 e. The number of ether oxygens (including phenoxy) is 1. The number of hydrogen-bond donors (Lipinski definition) is 1. The lowest BCUT2D eigenvalue weighted by atomic mass is 10.0. The van der Waals surface area contributed by atoms with Gasteiger partial charge in [0.05, 0.1) is 19.4 Å². The van der Waals surface area contributed by atoms with Crippen molar-refractivity contribution in [2.24, 2.45) is 4.99 Å². The molecule has 0 heterocycles. The second kappa shape index (κ2) is 7.36. The number of carbonyl (C=O) groups excluding carboxylic acids is 1. The molecule has 4 nitrogen and oxygen atoms in total. The summed E-state index contributed by atoms with van der Waals surface area (Å²) in [5.41, 5.74) is 2.41. The Bertz CT molecular complexity index is 567. The number of rotatable bonds is 5. The van der Waals surface area contributed by atoms with E-state index in [0.29, 0.717) is 5.71 Å². The van der Waals surface area contributed by atoms with Gasteiger partial charge in [0.25, 0.3) is 0 Å². The Balaban J connectivity index is 2.48. The summed E-state index contributed by atoms with van der Waals surface area (Å²) < 4.78 is 4.67. The third kappa shape index (κ3) is 3.77. The van der Waals surface area contributed by atoms with Crippen molar-refractivity contribution in [3.05, 3.63) is 71.8 Å². The average molecular weight is 283 g/mol. The van der Waals surface area contributed by atoms with Crippen LogP contribution in [0.4, 0.5) is 0 Å². The van der Waals surface area contributed by atoms with Gasteiger partial charge in [0, 0.05) is 11.1 Å². The number of carbonyl (C=O) groups is 1. The molecule has 1 atom stereocenters. The van der Waals surface area contributed by atoms with E-state index in [4.69, 9.17) is 0 Å². The monoisotopic (exact) mass is 283 g/mol. The molecule has 0 aliphatic carbocycles. The third-order valence-electron chi connectivity index (χ3n) is 3.03. The Morgan fingerprint density at radius 3 is 1.90 bits per heavy atom. The molecule has 4 heteroatoms. The Kier molecular flexibility index (Phi) is 5.23. The van der Waals surface area contributed by atoms with Crippen molar-refractivity contribution in [3.8, 4) is 0 Å². The quantitative estimate of drug-likeness (QED) is 0.675. The Morgan fingerprint density at radius 1 is 1.05 bits per heavy atom. The minimum absolute atomic E-state index is 0.393. The molecule has 1 unspecified atom stereocenters. The van der Waals surface area contributed by atoms with E-state index in [1.807, 2.05) is 60.7 Å². The highest BCUT2D eigenvalue weighted by molar-refractivity contribution is 6.13. The van der Waals surface area contributed by atoms with Crippen molar-refractivity contribution in [3.63, 3.8) is 0 Å². The number of aliphatic hydroxyl groups excluding tert-OH is 1. The largest absolute Gasteiger partial charge is 0.467 e. The summed E-state index contributed by atoms with van der Waals surface area (Å²) in [7, 11) is 1.28. The fourth-order valence-corrected chi connectivity index (χ4v) is 1.97. The van der Waals surface area contributed by atoms with Crippen LogP contribution < -0.4 is 0 Å². The van der Waals surface area contributed by atoms with Crippen LogP contribution in [-0.2, 0) is 9.53 Å². The van der Waals surface area contributed by atoms with Gasteiger partial charge in [-0.25, -0.2) is 4.79 Å². The first-order valence-corrected chi connectivity index (χ1v) is 6.63. The van der Waals surface area contributed by atoms with Crippen LogP contribution in [-0.4, -0.2) is 36.5 Å². The summed E-state index contributed by atoms with van der Waals surface area (Å²) in [6.07, 6.45) is 0. The van der Waals surface area contributed by atoms with E-state index in [9.17, 15) is 9.90 Å². The molecule has 0 amide bonds. The highest BCUT2D eigenvalue weighted by atomic mass is 16.5. The van der Waals surface area contributed by atoms with Crippen molar-refractivity contribution >= 4 is 11.7 Å². The average Bonchev–Trinajstić information content (AvgIpc) is 2.57. The van der Waals surface area contributed by atoms with Gasteiger partial charge in [-0.15, -0.1) is 0 Å². The van der Waals surface area contributed by atoms with E-state index in [1.165, 1.54) is 7.11 Å². The number of esters is 1. The molecule has 0 bridgehead atoms. The molecule has 108 valence electrons. The van der Waals surface area contributed by atoms with Crippen LogP contribution in [0.1, 0.15) is 11.1 Å². The molecule has 0 aliphatic heterocycles. The molecule has 0 fully saturated rings. The van der Waals surface area contributed by atoms with Crippen molar-refractivity contribution in [1.29, 1.82) is 0 Å². The highest BCUT2D eigenvalue weighted by Gasteiger charge is 2.19. The summed E-state index contributed by atoms with van der Waals surface area (Å²) in [5.74, 6) is -0.554. The second-order valence-electron chi connectivity index (χ2n) is 4.43. The van der Waals surface area contributed by atoms with Gasteiger partial charge in [-0.2, -0.15) is 0 Å². The van der Waals surface area contributed by atoms with E-state index < -0.39 is 18.6 Å². The summed E-state index contributed by atoms with van der Waals surface area (Å²) in [4.78, 5) is 16.0. The molecule has 2 rings (SSSR count). The van der Waals surface area contributed by atoms with Gasteiger partial charge in [-0.1, -0.05) is 60.7 Å². The van der Waals surface area contributed by atoms with Crippen molar-refractivity contribution in [2.45, 2.75) is 6.04 Å². The fourth-order valence-electron chi connectivity index (χ4n) is 1.97. The maximum atomic E-state index is 11.7. The summed E-state index contributed by atoms with van der Waals surface area (Å²) in [6, 6.07) is 18.2. The minimum Gasteiger partial charge on any atom is -0.467 e. The van der Waals surface area contributed by atoms with E-state index in [2.05, 4.69) is 9.73 Å². The van der Waals surface area contributed by atoms with Crippen LogP contribution in [0.2, 0.25) is 0 Å². The van der Waals surface area contributed by atoms with Crippen molar-refractivity contribution < 1.29 is 14.6 Å². The van der Waals surface area contributed by atoms with Gasteiger partial charge < -0.3 is 9.84 Å². The third-order valence-corrected chi connectivity index (χ3v) is 3.03. The number of hydrogen-bond acceptors (Lipinski definition) is 4. The van der Waals surface area contributed by atoms with Crippen LogP contribution in [0.5, 0.6) is 0 Å². The van der Waals surface area contributed by atoms with Gasteiger partial charge in [0.1, 0.15) is 0 Å². The number of aliphatic imine (C=N–C) groups is 1. The molecule has 1 N–H and O–H groups in total. The van der Waals surface area contributed by atoms with E-state index in [1.54, 1.807) is 0 Å². The lowest BCUT2D eigenvalue weighted by Crippen LogP contribution is -2.26. The number of benzene rings is 2. The van der Waals surface area contributed by atoms with Crippen molar-refractivity contribution in [2.75, 3.05) is 13.7 Å². The van der Waals surface area contributed by atoms with E-state index in [0.717, 1.165) is 11.1 Å². The second-order valence-corrected chi connectivity index (χ2v) is 4.43. The zero-order valence-corrected chi connectivity index (χ0v) is 11.8. The minimum atomic E-state index is -0.926. The predicted octanol–water partition coefficient (Wildman–Crippen LogP) is 2.06. The van der Waals surface area contributed by atoms with Crippen LogP contribution in [0, 0.1) is 0 Å². The summed E-state index contributed by atoms with van der Waals surface area (Å²) >= 11 is 0. The molecular weight excluding hydrogens is 266 g/mol. The molecule has 0 aromatic heterocycles. The number of nitrogens with zero attached hydrogens (tertiary/aromatic N) is 1. The Labute approximate surface area is 123 Å². The van der Waals surface area contributed by atoms with Crippen LogP contribution in [0.25, 0.3) is 0 Å². The maximum absolute atomic E-state index is 11.7. The van der Waals surface area contributed by atoms with Gasteiger partial charge >= 0.3 is 5.97 Å². The first kappa shape index (κ1) is 14.9. The molecule has 2 aromatic carbocycles. The first-order valence-electron chi connectivity index (χ1n) is 6.63. The predicted molar refractivity (Wildman–Crippen MR) is 81.4 cm³/mol. The maximum Gasteiger partial charge on any atom is 0.333 e. The van der Waals surface area contributed by atoms with Gasteiger partial charge in [0.2, 0.25) is 0 Å². The van der Waals surface area contributed by atoms with E-state index >= 15 is 0 Å². The summed E-state index contributed by atoms with van der Waals surface area (Å²) in [5, 5.41) is 9.36. The van der Waals surface area contributed by atoms with Crippen LogP contribution in [0.15, 0.2) is 65.7 Å². The zero-order valence-electron chi connectivity index (χ0n) is 11.8. The number of aliphatic hydroxyl groups is 1. The normalized spacial score (nSPS) is 11.5. The molecule has 0 radical (unpaired) electrons. The fraction of sp³-hybridized carbons (Fsp3) is 0.176. The molecule has 0 spiro atoms. The number of methoxy groups -OCH3 is 1. The zero-order chi connectivity index (χ0) is 15.1. The van der Waals surface area contributed by atoms with E-state index in [-0.39, 0.29) is 0 Å². The lowest BCUT2D eigenvalue weighted by Gasteiger charge is -2.12. The Morgan fingerprint density at radius 2 is 1.52 bits per heavy atom. The van der Waals surface area contributed by atoms with Gasteiger partial charge in [0.15, 0.2) is 6.04 Å². The highest BCUT2D eigenvalue weighted by Crippen LogP contribution is 2.12. The van der Waals surface area contributed by atoms with Crippen molar-refractivity contribution in [1.82, 2.24) is 0 Å². The molecule has 0 saturated heterocycles. The van der Waals surface area contributed by atoms with Gasteiger partial charge in [-0.05, 0) is 0 Å². The SMILES string of the molecule is COC(=O)C(CO)N=C(c1ccccc1)c1ccccc1. The van der Waals surface area contributed by atoms with Crippen LogP contribution >= 0.6 is 0 Å². The molecule has 0 aliphatic rings. The molecule has 21 heavy (non-hydrogen) atoms. The Hall–Kier alpha value is -2.46. The molecular formula is C17H17NO3. The lowest BCUT2D eigenvalue weighted by molar-refractivity contribution is -0.142. The summed E-state index contributed by atoms with van der Waals surface area (Å²) in [6.45, 7) is -0.393. The first-order chi connectivity index (χ1) is 10.3. The van der Waals surface area contributed by atoms with Crippen LogP contribution in [0.3, 0.4) is 0 Å². The topological polar surface area (TPSA) is 58.9 Å². The molecule has 0 saturated carbocycles. The van der Waals surface area contributed by atoms with Gasteiger partial charge in [-0.3, -0.25) is 4.99 Å². The standard InChI is InChI=1S/C17H17NO3/c1-21-17(20)15(12-19)18-16(13-8-4-2-5-9-13)14-10-6-3-7-11-14/h2-11,15,19H,12H2,1H3. The molecule has 2 aromatic rings.